The lowest BCUT2D eigenvalue weighted by Gasteiger charge is -2.14. The number of hydrogen-bond acceptors (Lipinski definition) is 4. The number of pyridine rings is 1. The average Bonchev–Trinajstić information content (AvgIpc) is 2.95. The van der Waals surface area contributed by atoms with E-state index in [0.29, 0.717) is 29.3 Å². The summed E-state index contributed by atoms with van der Waals surface area (Å²) in [5.41, 5.74) is 0.340. The maximum atomic E-state index is 13.8. The first-order valence-electron chi connectivity index (χ1n) is 8.47. The molecular weight excluding hydrogens is 359 g/mol. The molecule has 0 N–H and O–H groups in total. The van der Waals surface area contributed by atoms with Gasteiger partial charge in [0.25, 0.3) is 0 Å². The van der Waals surface area contributed by atoms with Crippen molar-refractivity contribution in [1.82, 2.24) is 14.8 Å². The predicted octanol–water partition coefficient (Wildman–Crippen LogP) is 4.85. The number of methoxy groups -OCH3 is 2. The summed E-state index contributed by atoms with van der Waals surface area (Å²) >= 11 is 0. The van der Waals surface area contributed by atoms with E-state index >= 15 is 0 Å². The fraction of sp³-hybridized carbons (Fsp3) is 0.368. The molecule has 144 valence electrons. The van der Waals surface area contributed by atoms with Crippen LogP contribution in [0.3, 0.4) is 0 Å². The molecule has 0 amide bonds. The Morgan fingerprint density at radius 2 is 1.85 bits per heavy atom. The minimum Gasteiger partial charge on any atom is -0.497 e. The number of benzene rings is 1. The van der Waals surface area contributed by atoms with Gasteiger partial charge in [0.05, 0.1) is 36.6 Å². The van der Waals surface area contributed by atoms with Gasteiger partial charge in [-0.3, -0.25) is 0 Å². The van der Waals surface area contributed by atoms with Crippen molar-refractivity contribution in [3.8, 4) is 22.8 Å². The first-order valence-corrected chi connectivity index (χ1v) is 8.47. The van der Waals surface area contributed by atoms with Gasteiger partial charge in [-0.15, -0.1) is 0 Å². The Labute approximate surface area is 154 Å². The van der Waals surface area contributed by atoms with Crippen LogP contribution >= 0.6 is 0 Å². The van der Waals surface area contributed by atoms with Crippen molar-refractivity contribution < 1.29 is 22.6 Å². The van der Waals surface area contributed by atoms with Crippen LogP contribution in [0.15, 0.2) is 24.3 Å². The highest BCUT2D eigenvalue weighted by atomic mass is 19.4. The van der Waals surface area contributed by atoms with Gasteiger partial charge < -0.3 is 9.47 Å². The Bertz CT molecular complexity index is 980. The summed E-state index contributed by atoms with van der Waals surface area (Å²) < 4.78 is 53.4. The third-order valence-electron chi connectivity index (χ3n) is 4.30. The Hall–Kier alpha value is -2.77. The Kier molecular flexibility index (Phi) is 4.99. The van der Waals surface area contributed by atoms with Crippen LogP contribution in [-0.2, 0) is 12.7 Å². The van der Waals surface area contributed by atoms with Crippen molar-refractivity contribution >= 4 is 11.0 Å². The maximum Gasteiger partial charge on any atom is 0.417 e. The third-order valence-corrected chi connectivity index (χ3v) is 4.30. The van der Waals surface area contributed by atoms with E-state index in [9.17, 15) is 13.2 Å². The first kappa shape index (κ1) is 19.0. The largest absolute Gasteiger partial charge is 0.497 e. The quantitative estimate of drug-likeness (QED) is 0.636. The molecule has 0 aliphatic carbocycles. The molecule has 3 rings (SSSR count). The fourth-order valence-corrected chi connectivity index (χ4v) is 3.10. The minimum atomic E-state index is -4.53. The van der Waals surface area contributed by atoms with Crippen LogP contribution in [0, 0.1) is 6.92 Å². The Morgan fingerprint density at radius 3 is 2.44 bits per heavy atom. The van der Waals surface area contributed by atoms with E-state index in [-0.39, 0.29) is 16.7 Å². The van der Waals surface area contributed by atoms with Crippen molar-refractivity contribution in [3.05, 3.63) is 35.5 Å². The molecule has 2 aromatic heterocycles. The number of rotatable bonds is 5. The molecule has 0 saturated heterocycles. The van der Waals surface area contributed by atoms with Crippen LogP contribution in [-0.4, -0.2) is 29.0 Å². The molecule has 1 aromatic carbocycles. The van der Waals surface area contributed by atoms with Gasteiger partial charge in [-0.2, -0.15) is 18.3 Å². The lowest BCUT2D eigenvalue weighted by atomic mass is 10.0. The summed E-state index contributed by atoms with van der Waals surface area (Å²) in [4.78, 5) is 4.51. The summed E-state index contributed by atoms with van der Waals surface area (Å²) in [5, 5.41) is 4.29. The lowest BCUT2D eigenvalue weighted by molar-refractivity contribution is -0.136. The van der Waals surface area contributed by atoms with Crippen molar-refractivity contribution in [2.75, 3.05) is 14.2 Å². The molecule has 2 heterocycles. The Morgan fingerprint density at radius 1 is 1.11 bits per heavy atom. The van der Waals surface area contributed by atoms with E-state index in [1.165, 1.54) is 18.9 Å². The van der Waals surface area contributed by atoms with Crippen LogP contribution in [0.5, 0.6) is 11.5 Å². The summed E-state index contributed by atoms with van der Waals surface area (Å²) in [6, 6.07) is 5.98. The number of aryl methyl sites for hydroxylation is 2. The summed E-state index contributed by atoms with van der Waals surface area (Å²) in [6.07, 6.45) is -3.81. The van der Waals surface area contributed by atoms with Crippen molar-refractivity contribution in [1.29, 1.82) is 0 Å². The molecule has 27 heavy (non-hydrogen) atoms. The molecule has 0 saturated carbocycles. The topological polar surface area (TPSA) is 49.2 Å². The molecule has 0 radical (unpaired) electrons. The molecule has 3 aromatic rings. The van der Waals surface area contributed by atoms with E-state index in [2.05, 4.69) is 10.1 Å². The second-order valence-corrected chi connectivity index (χ2v) is 6.13. The fourth-order valence-electron chi connectivity index (χ4n) is 3.10. The number of hydrogen-bond donors (Lipinski definition) is 0. The average molecular weight is 379 g/mol. The predicted molar refractivity (Wildman–Crippen MR) is 96.1 cm³/mol. The second kappa shape index (κ2) is 7.09. The van der Waals surface area contributed by atoms with Crippen molar-refractivity contribution in [2.24, 2.45) is 0 Å². The zero-order valence-electron chi connectivity index (χ0n) is 15.5. The molecule has 5 nitrogen and oxygen atoms in total. The minimum absolute atomic E-state index is 0.0292. The molecule has 0 spiro atoms. The Balaban J connectivity index is 2.37. The highest BCUT2D eigenvalue weighted by molar-refractivity contribution is 5.86. The van der Waals surface area contributed by atoms with E-state index in [1.54, 1.807) is 25.1 Å². The highest BCUT2D eigenvalue weighted by Gasteiger charge is 2.36. The van der Waals surface area contributed by atoms with Gasteiger partial charge in [-0.1, -0.05) is 6.92 Å². The van der Waals surface area contributed by atoms with Gasteiger partial charge in [0.2, 0.25) is 0 Å². The van der Waals surface area contributed by atoms with Gasteiger partial charge in [0.1, 0.15) is 11.5 Å². The molecule has 0 aliphatic heterocycles. The number of nitrogens with zero attached hydrogens (tertiary/aromatic N) is 3. The molecular formula is C19H20F3N3O2. The first-order chi connectivity index (χ1) is 12.8. The van der Waals surface area contributed by atoms with Crippen LogP contribution in [0.2, 0.25) is 0 Å². The number of aromatic nitrogens is 3. The monoisotopic (exact) mass is 379 g/mol. The molecule has 0 fully saturated rings. The summed E-state index contributed by atoms with van der Waals surface area (Å²) in [5.74, 6) is 0.911. The molecule has 0 bridgehead atoms. The standard InChI is InChI=1S/C19H20F3N3O2/c1-5-8-25-18-17(11(2)24-25)14(19(20,21)22)10-15(23-18)13-9-12(26-3)6-7-16(13)27-4/h6-7,9-10H,5,8H2,1-4H3. The maximum absolute atomic E-state index is 13.8. The molecule has 0 aliphatic rings. The third kappa shape index (κ3) is 3.43. The summed E-state index contributed by atoms with van der Waals surface area (Å²) in [6.45, 7) is 3.98. The van der Waals surface area contributed by atoms with E-state index in [4.69, 9.17) is 9.47 Å². The van der Waals surface area contributed by atoms with E-state index in [0.717, 1.165) is 12.5 Å². The van der Waals surface area contributed by atoms with Gasteiger partial charge in [-0.05, 0) is 37.6 Å². The van der Waals surface area contributed by atoms with Gasteiger partial charge in [-0.25, -0.2) is 9.67 Å². The highest BCUT2D eigenvalue weighted by Crippen LogP contribution is 2.40. The van der Waals surface area contributed by atoms with Gasteiger partial charge in [0, 0.05) is 12.1 Å². The smallest absolute Gasteiger partial charge is 0.417 e. The molecule has 0 unspecified atom stereocenters. The van der Waals surface area contributed by atoms with Gasteiger partial charge >= 0.3 is 6.18 Å². The van der Waals surface area contributed by atoms with E-state index in [1.807, 2.05) is 6.92 Å². The number of alkyl halides is 3. The number of fused-ring (bicyclic) bond motifs is 1. The molecule has 0 atom stereocenters. The van der Waals surface area contributed by atoms with Crippen LogP contribution < -0.4 is 9.47 Å². The lowest BCUT2D eigenvalue weighted by Crippen LogP contribution is -2.08. The van der Waals surface area contributed by atoms with E-state index < -0.39 is 11.7 Å². The van der Waals surface area contributed by atoms with Gasteiger partial charge in [0.15, 0.2) is 5.65 Å². The normalized spacial score (nSPS) is 11.8. The van der Waals surface area contributed by atoms with Crippen LogP contribution in [0.1, 0.15) is 24.6 Å². The zero-order valence-corrected chi connectivity index (χ0v) is 15.5. The number of halogens is 3. The van der Waals surface area contributed by atoms with Crippen LogP contribution in [0.4, 0.5) is 13.2 Å². The zero-order chi connectivity index (χ0) is 19.8. The number of ether oxygens (including phenoxy) is 2. The van der Waals surface area contributed by atoms with Crippen molar-refractivity contribution in [2.45, 2.75) is 33.0 Å². The summed E-state index contributed by atoms with van der Waals surface area (Å²) in [7, 11) is 2.95. The molecule has 8 heteroatoms. The second-order valence-electron chi connectivity index (χ2n) is 6.13. The van der Waals surface area contributed by atoms with Crippen LogP contribution in [0.25, 0.3) is 22.3 Å². The van der Waals surface area contributed by atoms with Crippen molar-refractivity contribution in [3.63, 3.8) is 0 Å². The SMILES string of the molecule is CCCn1nc(C)c2c(C(F)(F)F)cc(-c3cc(OC)ccc3OC)nc21.